The van der Waals surface area contributed by atoms with Crippen molar-refractivity contribution in [1.29, 1.82) is 0 Å². The van der Waals surface area contributed by atoms with E-state index in [0.29, 0.717) is 13.1 Å². The molecular formula is C14H22BrN3O3. The monoisotopic (exact) mass is 359 g/mol. The van der Waals surface area contributed by atoms with Crippen LogP contribution in [0, 0.1) is 5.92 Å². The number of likely N-dealkylation sites (tertiary alicyclic amines) is 1. The van der Waals surface area contributed by atoms with Crippen molar-refractivity contribution in [1.82, 2.24) is 10.3 Å². The van der Waals surface area contributed by atoms with Crippen LogP contribution in [-0.4, -0.2) is 29.7 Å². The number of carbonyl (C=O) groups is 1. The van der Waals surface area contributed by atoms with Crippen LogP contribution in [0.15, 0.2) is 21.2 Å². The third-order valence-corrected chi connectivity index (χ3v) is 4.11. The summed E-state index contributed by atoms with van der Waals surface area (Å²) >= 11 is 3.44. The lowest BCUT2D eigenvalue weighted by atomic mass is 9.97. The van der Waals surface area contributed by atoms with E-state index in [-0.39, 0.29) is 18.1 Å². The first kappa shape index (κ1) is 16.3. The van der Waals surface area contributed by atoms with Crippen LogP contribution in [0.5, 0.6) is 0 Å². The summed E-state index contributed by atoms with van der Waals surface area (Å²) in [6.07, 6.45) is 2.19. The third-order valence-electron chi connectivity index (χ3n) is 3.45. The number of nitrogens with zero attached hydrogens (tertiary/aromatic N) is 1. The summed E-state index contributed by atoms with van der Waals surface area (Å²) in [4.78, 5) is 13.8. The molecule has 2 heterocycles. The van der Waals surface area contributed by atoms with Gasteiger partial charge in [-0.05, 0) is 49.2 Å². The summed E-state index contributed by atoms with van der Waals surface area (Å²) in [6.45, 7) is 6.85. The van der Waals surface area contributed by atoms with Gasteiger partial charge in [-0.3, -0.25) is 5.84 Å². The minimum Gasteiger partial charge on any atom is -0.466 e. The van der Waals surface area contributed by atoms with E-state index in [1.807, 2.05) is 26.8 Å². The number of rotatable bonds is 3. The average molecular weight is 360 g/mol. The van der Waals surface area contributed by atoms with E-state index in [1.165, 1.54) is 0 Å². The maximum atomic E-state index is 12.1. The number of nitrogens with two attached hydrogens (primary N) is 1. The molecule has 1 aromatic rings. The molecule has 2 rings (SSSR count). The van der Waals surface area contributed by atoms with E-state index < -0.39 is 5.60 Å². The van der Waals surface area contributed by atoms with E-state index >= 15 is 0 Å². The van der Waals surface area contributed by atoms with Gasteiger partial charge in [0.15, 0.2) is 0 Å². The molecular weight excluding hydrogens is 338 g/mol. The van der Waals surface area contributed by atoms with Crippen molar-refractivity contribution >= 4 is 22.0 Å². The van der Waals surface area contributed by atoms with Crippen molar-refractivity contribution in [3.8, 4) is 0 Å². The fourth-order valence-corrected chi connectivity index (χ4v) is 2.95. The molecule has 1 aliphatic heterocycles. The quantitative estimate of drug-likeness (QED) is 0.640. The molecule has 1 fully saturated rings. The molecule has 0 aromatic carbocycles. The minimum absolute atomic E-state index is 0.137. The van der Waals surface area contributed by atoms with Gasteiger partial charge in [-0.2, -0.15) is 0 Å². The minimum atomic E-state index is -0.481. The first-order valence-electron chi connectivity index (χ1n) is 6.99. The van der Waals surface area contributed by atoms with Crippen LogP contribution in [0.3, 0.4) is 0 Å². The highest BCUT2D eigenvalue weighted by Crippen LogP contribution is 2.34. The van der Waals surface area contributed by atoms with Gasteiger partial charge in [0.2, 0.25) is 0 Å². The number of hydrazine groups is 1. The van der Waals surface area contributed by atoms with Gasteiger partial charge in [0.05, 0.1) is 16.8 Å². The first-order chi connectivity index (χ1) is 9.81. The topological polar surface area (TPSA) is 80.7 Å². The third kappa shape index (κ3) is 3.99. The van der Waals surface area contributed by atoms with Gasteiger partial charge in [0.1, 0.15) is 11.4 Å². The van der Waals surface area contributed by atoms with E-state index in [4.69, 9.17) is 15.0 Å². The maximum absolute atomic E-state index is 12.1. The SMILES string of the molecule is CC(C)(C)OC(=O)N1CCC(C(NN)c2occc2Br)C1. The van der Waals surface area contributed by atoms with E-state index in [2.05, 4.69) is 21.4 Å². The zero-order valence-electron chi connectivity index (χ0n) is 12.6. The second-order valence-corrected chi connectivity index (χ2v) is 7.11. The predicted octanol–water partition coefficient (Wildman–Crippen LogP) is 2.80. The number of hydrogen-bond acceptors (Lipinski definition) is 5. The molecule has 1 amide bonds. The zero-order valence-corrected chi connectivity index (χ0v) is 14.1. The summed E-state index contributed by atoms with van der Waals surface area (Å²) in [5.74, 6) is 6.61. The summed E-state index contributed by atoms with van der Waals surface area (Å²) in [7, 11) is 0. The Balaban J connectivity index is 2.01. The number of halogens is 1. The van der Waals surface area contributed by atoms with Gasteiger partial charge in [-0.15, -0.1) is 0 Å². The van der Waals surface area contributed by atoms with Gasteiger partial charge in [0, 0.05) is 19.0 Å². The van der Waals surface area contributed by atoms with Gasteiger partial charge in [-0.25, -0.2) is 10.2 Å². The van der Waals surface area contributed by atoms with Crippen molar-refractivity contribution in [2.24, 2.45) is 11.8 Å². The Hall–Kier alpha value is -1.05. The number of hydrogen-bond donors (Lipinski definition) is 2. The Labute approximate surface area is 133 Å². The van der Waals surface area contributed by atoms with Gasteiger partial charge in [0.25, 0.3) is 0 Å². The molecule has 21 heavy (non-hydrogen) atoms. The highest BCUT2D eigenvalue weighted by atomic mass is 79.9. The molecule has 3 N–H and O–H groups in total. The van der Waals surface area contributed by atoms with E-state index in [1.54, 1.807) is 11.2 Å². The predicted molar refractivity (Wildman–Crippen MR) is 82.4 cm³/mol. The van der Waals surface area contributed by atoms with Gasteiger partial charge in [-0.1, -0.05) is 0 Å². The molecule has 7 heteroatoms. The molecule has 1 aliphatic rings. The Morgan fingerprint density at radius 2 is 2.33 bits per heavy atom. The molecule has 2 atom stereocenters. The first-order valence-corrected chi connectivity index (χ1v) is 7.78. The lowest BCUT2D eigenvalue weighted by molar-refractivity contribution is 0.0284. The van der Waals surface area contributed by atoms with E-state index in [0.717, 1.165) is 16.7 Å². The normalized spacial score (nSPS) is 20.6. The summed E-state index contributed by atoms with van der Waals surface area (Å²) < 4.78 is 11.8. The Morgan fingerprint density at radius 3 is 2.86 bits per heavy atom. The zero-order chi connectivity index (χ0) is 15.6. The molecule has 0 aliphatic carbocycles. The van der Waals surface area contributed by atoms with Crippen molar-refractivity contribution < 1.29 is 13.9 Å². The van der Waals surface area contributed by atoms with Crippen molar-refractivity contribution in [3.05, 3.63) is 22.6 Å². The highest BCUT2D eigenvalue weighted by Gasteiger charge is 2.36. The highest BCUT2D eigenvalue weighted by molar-refractivity contribution is 9.10. The number of nitrogens with one attached hydrogen (secondary N) is 1. The Kier molecular flexibility index (Phi) is 4.95. The smallest absolute Gasteiger partial charge is 0.410 e. The van der Waals surface area contributed by atoms with Gasteiger partial charge < -0.3 is 14.1 Å². The summed E-state index contributed by atoms with van der Waals surface area (Å²) in [5.41, 5.74) is 2.31. The van der Waals surface area contributed by atoms with Crippen LogP contribution in [0.25, 0.3) is 0 Å². The lowest BCUT2D eigenvalue weighted by Gasteiger charge is -2.25. The molecule has 0 saturated carbocycles. The molecule has 1 aromatic heterocycles. The maximum Gasteiger partial charge on any atom is 0.410 e. The Bertz CT molecular complexity index is 498. The summed E-state index contributed by atoms with van der Waals surface area (Å²) in [6, 6.07) is 1.70. The standard InChI is InChI=1S/C14H22BrN3O3/c1-14(2,3)21-13(19)18-6-4-9(8-18)11(17-16)12-10(15)5-7-20-12/h5,7,9,11,17H,4,6,8,16H2,1-3H3. The van der Waals surface area contributed by atoms with Crippen molar-refractivity contribution in [2.75, 3.05) is 13.1 Å². The Morgan fingerprint density at radius 1 is 1.62 bits per heavy atom. The molecule has 118 valence electrons. The molecule has 1 saturated heterocycles. The number of ether oxygens (including phenoxy) is 1. The van der Waals surface area contributed by atoms with E-state index in [9.17, 15) is 4.79 Å². The molecule has 0 radical (unpaired) electrons. The second kappa shape index (κ2) is 6.37. The van der Waals surface area contributed by atoms with Crippen LogP contribution >= 0.6 is 15.9 Å². The largest absolute Gasteiger partial charge is 0.466 e. The average Bonchev–Trinajstić information content (AvgIpc) is 2.99. The van der Waals surface area contributed by atoms with Crippen LogP contribution in [0.1, 0.15) is 39.0 Å². The van der Waals surface area contributed by atoms with Crippen LogP contribution in [0.2, 0.25) is 0 Å². The number of amides is 1. The molecule has 0 spiro atoms. The second-order valence-electron chi connectivity index (χ2n) is 6.25. The summed E-state index contributed by atoms with van der Waals surface area (Å²) in [5, 5.41) is 0. The molecule has 6 nitrogen and oxygen atoms in total. The van der Waals surface area contributed by atoms with Crippen molar-refractivity contribution in [3.63, 3.8) is 0 Å². The fraction of sp³-hybridized carbons (Fsp3) is 0.643. The van der Waals surface area contributed by atoms with Crippen LogP contribution < -0.4 is 11.3 Å². The lowest BCUT2D eigenvalue weighted by Crippen LogP contribution is -2.38. The number of carbonyl (C=O) groups excluding carboxylic acids is 1. The molecule has 2 unspecified atom stereocenters. The van der Waals surface area contributed by atoms with Crippen LogP contribution in [-0.2, 0) is 4.74 Å². The van der Waals surface area contributed by atoms with Crippen molar-refractivity contribution in [2.45, 2.75) is 38.8 Å². The molecule has 0 bridgehead atoms. The van der Waals surface area contributed by atoms with Gasteiger partial charge >= 0.3 is 6.09 Å². The number of furan rings is 1. The van der Waals surface area contributed by atoms with Crippen LogP contribution in [0.4, 0.5) is 4.79 Å². The fourth-order valence-electron chi connectivity index (χ4n) is 2.50.